The van der Waals surface area contributed by atoms with Gasteiger partial charge in [0.1, 0.15) is 5.01 Å². The van der Waals surface area contributed by atoms with Crippen molar-refractivity contribution in [3.8, 4) is 0 Å². The van der Waals surface area contributed by atoms with Crippen LogP contribution in [0, 0.1) is 12.8 Å². The van der Waals surface area contributed by atoms with Crippen LogP contribution in [-0.2, 0) is 4.79 Å². The van der Waals surface area contributed by atoms with Crippen molar-refractivity contribution in [1.29, 1.82) is 0 Å². The number of aromatic nitrogens is 1. The molecule has 1 fully saturated rings. The van der Waals surface area contributed by atoms with Crippen molar-refractivity contribution >= 4 is 23.3 Å². The number of rotatable bonds is 6. The van der Waals surface area contributed by atoms with E-state index in [0.717, 1.165) is 23.5 Å². The van der Waals surface area contributed by atoms with Crippen LogP contribution in [0.1, 0.15) is 42.9 Å². The van der Waals surface area contributed by atoms with Gasteiger partial charge in [-0.3, -0.25) is 4.79 Å². The first-order valence-corrected chi connectivity index (χ1v) is 7.54. The van der Waals surface area contributed by atoms with Crippen LogP contribution < -0.4 is 10.6 Å². The van der Waals surface area contributed by atoms with Crippen molar-refractivity contribution in [3.63, 3.8) is 0 Å². The third-order valence-electron chi connectivity index (χ3n) is 3.26. The Kier molecular flexibility index (Phi) is 4.59. The molecule has 0 bridgehead atoms. The van der Waals surface area contributed by atoms with Gasteiger partial charge in [-0.1, -0.05) is 0 Å². The van der Waals surface area contributed by atoms with Crippen LogP contribution in [0.25, 0.3) is 0 Å². The van der Waals surface area contributed by atoms with Crippen molar-refractivity contribution in [2.24, 2.45) is 5.92 Å². The minimum absolute atomic E-state index is 0.0250. The van der Waals surface area contributed by atoms with E-state index in [1.807, 2.05) is 19.2 Å². The maximum atomic E-state index is 11.9. The fourth-order valence-electron chi connectivity index (χ4n) is 2.06. The molecule has 0 spiro atoms. The minimum Gasteiger partial charge on any atom is -0.481 e. The summed E-state index contributed by atoms with van der Waals surface area (Å²) in [5.74, 6) is -0.583. The quantitative estimate of drug-likeness (QED) is 0.749. The van der Waals surface area contributed by atoms with Crippen LogP contribution in [0.4, 0.5) is 4.79 Å². The smallest absolute Gasteiger partial charge is 0.315 e. The molecule has 7 heteroatoms. The lowest BCUT2D eigenvalue weighted by Crippen LogP contribution is -2.44. The summed E-state index contributed by atoms with van der Waals surface area (Å²) in [7, 11) is 0. The van der Waals surface area contributed by atoms with Crippen molar-refractivity contribution in [2.45, 2.75) is 45.2 Å². The van der Waals surface area contributed by atoms with Crippen LogP contribution >= 0.6 is 11.3 Å². The van der Waals surface area contributed by atoms with Gasteiger partial charge < -0.3 is 15.7 Å². The Balaban J connectivity index is 1.85. The fraction of sp³-hybridized carbons (Fsp3) is 0.615. The lowest BCUT2D eigenvalue weighted by atomic mass is 10.1. The predicted molar refractivity (Wildman–Crippen MR) is 75.7 cm³/mol. The van der Waals surface area contributed by atoms with Crippen molar-refractivity contribution < 1.29 is 14.7 Å². The Morgan fingerprint density at radius 3 is 2.70 bits per heavy atom. The minimum atomic E-state index is -0.884. The van der Waals surface area contributed by atoms with Gasteiger partial charge in [0, 0.05) is 17.1 Å². The summed E-state index contributed by atoms with van der Waals surface area (Å²) in [6.45, 7) is 3.77. The monoisotopic (exact) mass is 297 g/mol. The molecule has 0 saturated heterocycles. The van der Waals surface area contributed by atoms with Gasteiger partial charge in [-0.25, -0.2) is 9.78 Å². The summed E-state index contributed by atoms with van der Waals surface area (Å²) in [6, 6.07) is -0.792. The molecular weight excluding hydrogens is 278 g/mol. The molecule has 2 rings (SSSR count). The molecule has 0 radical (unpaired) electrons. The molecule has 1 aliphatic carbocycles. The Bertz CT molecular complexity index is 499. The van der Waals surface area contributed by atoms with E-state index in [1.54, 1.807) is 0 Å². The van der Waals surface area contributed by atoms with Gasteiger partial charge in [0.25, 0.3) is 0 Å². The molecule has 2 atom stereocenters. The topological polar surface area (TPSA) is 91.3 Å². The zero-order valence-electron chi connectivity index (χ0n) is 11.5. The number of aryl methyl sites for hydroxylation is 1. The third kappa shape index (κ3) is 4.19. The first-order chi connectivity index (χ1) is 9.45. The van der Waals surface area contributed by atoms with Gasteiger partial charge in [-0.05, 0) is 32.6 Å². The fourth-order valence-corrected chi connectivity index (χ4v) is 2.87. The average Bonchev–Trinajstić information content (AvgIpc) is 3.10. The molecule has 2 unspecified atom stereocenters. The second-order valence-corrected chi connectivity index (χ2v) is 6.10. The normalized spacial score (nSPS) is 17.3. The zero-order chi connectivity index (χ0) is 14.7. The Morgan fingerprint density at radius 1 is 1.50 bits per heavy atom. The highest BCUT2D eigenvalue weighted by Crippen LogP contribution is 2.34. The lowest BCUT2D eigenvalue weighted by molar-refractivity contribution is -0.137. The largest absolute Gasteiger partial charge is 0.481 e. The molecule has 110 valence electrons. The summed E-state index contributed by atoms with van der Waals surface area (Å²) < 4.78 is 0. The summed E-state index contributed by atoms with van der Waals surface area (Å²) in [4.78, 5) is 27.0. The lowest BCUT2D eigenvalue weighted by Gasteiger charge is -2.18. The van der Waals surface area contributed by atoms with Gasteiger partial charge in [0.05, 0.1) is 12.5 Å². The number of carbonyl (C=O) groups excluding carboxylic acids is 1. The maximum Gasteiger partial charge on any atom is 0.315 e. The highest BCUT2D eigenvalue weighted by molar-refractivity contribution is 7.09. The Labute approximate surface area is 121 Å². The van der Waals surface area contributed by atoms with E-state index in [-0.39, 0.29) is 24.5 Å². The summed E-state index contributed by atoms with van der Waals surface area (Å²) in [5.41, 5.74) is 0.931. The van der Waals surface area contributed by atoms with Gasteiger partial charge in [-0.2, -0.15) is 0 Å². The van der Waals surface area contributed by atoms with E-state index in [1.165, 1.54) is 11.3 Å². The Hall–Kier alpha value is -1.63. The molecule has 2 amide bonds. The standard InChI is InChI=1S/C13H19N3O3S/c1-7-6-20-12(14-7)8(2)15-13(19)16-10(5-11(17)18)9-3-4-9/h6,8-10H,3-5H2,1-2H3,(H,17,18)(H2,15,16,19). The molecular formula is C13H19N3O3S. The van der Waals surface area contributed by atoms with Crippen LogP contribution in [0.3, 0.4) is 0 Å². The van der Waals surface area contributed by atoms with Gasteiger partial charge in [-0.15, -0.1) is 11.3 Å². The van der Waals surface area contributed by atoms with Crippen LogP contribution in [0.15, 0.2) is 5.38 Å². The van der Waals surface area contributed by atoms with Crippen molar-refractivity contribution in [3.05, 3.63) is 16.1 Å². The molecule has 0 aromatic carbocycles. The second-order valence-electron chi connectivity index (χ2n) is 5.21. The number of carboxylic acids is 1. The van der Waals surface area contributed by atoms with E-state index in [2.05, 4.69) is 15.6 Å². The molecule has 1 aromatic heterocycles. The summed E-state index contributed by atoms with van der Waals surface area (Å²) >= 11 is 1.50. The molecule has 3 N–H and O–H groups in total. The average molecular weight is 297 g/mol. The third-order valence-corrected chi connectivity index (χ3v) is 4.40. The van der Waals surface area contributed by atoms with E-state index >= 15 is 0 Å². The second kappa shape index (κ2) is 6.21. The zero-order valence-corrected chi connectivity index (χ0v) is 12.4. The highest BCUT2D eigenvalue weighted by Gasteiger charge is 2.33. The Morgan fingerprint density at radius 2 is 2.20 bits per heavy atom. The number of hydrogen-bond acceptors (Lipinski definition) is 4. The number of hydrogen-bond donors (Lipinski definition) is 3. The number of nitrogens with one attached hydrogen (secondary N) is 2. The summed E-state index contributed by atoms with van der Waals surface area (Å²) in [6.07, 6.45) is 1.95. The van der Waals surface area contributed by atoms with E-state index in [4.69, 9.17) is 5.11 Å². The number of amides is 2. The van der Waals surface area contributed by atoms with E-state index in [9.17, 15) is 9.59 Å². The van der Waals surface area contributed by atoms with Crippen molar-refractivity contribution in [2.75, 3.05) is 0 Å². The first-order valence-electron chi connectivity index (χ1n) is 6.66. The van der Waals surface area contributed by atoms with Gasteiger partial charge in [0.2, 0.25) is 0 Å². The first kappa shape index (κ1) is 14.8. The molecule has 20 heavy (non-hydrogen) atoms. The molecule has 1 saturated carbocycles. The number of urea groups is 1. The number of carbonyl (C=O) groups is 2. The number of carboxylic acid groups (broad SMARTS) is 1. The molecule has 1 aromatic rings. The van der Waals surface area contributed by atoms with Crippen LogP contribution in [-0.4, -0.2) is 28.1 Å². The number of aliphatic carboxylic acids is 1. The maximum absolute atomic E-state index is 11.9. The van der Waals surface area contributed by atoms with Crippen LogP contribution in [0.5, 0.6) is 0 Å². The number of nitrogens with zero attached hydrogens (tertiary/aromatic N) is 1. The van der Waals surface area contributed by atoms with Crippen molar-refractivity contribution in [1.82, 2.24) is 15.6 Å². The van der Waals surface area contributed by atoms with E-state index in [0.29, 0.717) is 5.92 Å². The van der Waals surface area contributed by atoms with Gasteiger partial charge >= 0.3 is 12.0 Å². The molecule has 1 heterocycles. The molecule has 0 aliphatic heterocycles. The van der Waals surface area contributed by atoms with E-state index < -0.39 is 5.97 Å². The SMILES string of the molecule is Cc1csc(C(C)NC(=O)NC(CC(=O)O)C2CC2)n1. The predicted octanol–water partition coefficient (Wildman–Crippen LogP) is 2.07. The van der Waals surface area contributed by atoms with Gasteiger partial charge in [0.15, 0.2) is 0 Å². The molecule has 6 nitrogen and oxygen atoms in total. The molecule has 1 aliphatic rings. The highest BCUT2D eigenvalue weighted by atomic mass is 32.1. The summed E-state index contributed by atoms with van der Waals surface area (Å²) in [5, 5.41) is 17.2. The number of thiazole rings is 1. The van der Waals surface area contributed by atoms with Crippen LogP contribution in [0.2, 0.25) is 0 Å².